The van der Waals surface area contributed by atoms with E-state index in [1.54, 1.807) is 20.3 Å². The number of aromatic nitrogens is 2. The van der Waals surface area contributed by atoms with Gasteiger partial charge < -0.3 is 25.0 Å². The maximum Gasteiger partial charge on any atom is 0.228 e. The highest BCUT2D eigenvalue weighted by Gasteiger charge is 2.26. The molecule has 1 amide bonds. The minimum absolute atomic E-state index is 0.285. The van der Waals surface area contributed by atoms with Crippen molar-refractivity contribution in [2.45, 2.75) is 32.1 Å². The first-order valence-electron chi connectivity index (χ1n) is 12.5. The molecule has 0 atom stereocenters. The number of piperazine rings is 1. The van der Waals surface area contributed by atoms with Crippen molar-refractivity contribution in [3.8, 4) is 11.5 Å². The normalized spacial score (nSPS) is 16.5. The maximum atomic E-state index is 12.6. The quantitative estimate of drug-likeness (QED) is 0.426. The Balaban J connectivity index is 0.000000323. The van der Waals surface area contributed by atoms with Crippen molar-refractivity contribution < 1.29 is 14.3 Å². The summed E-state index contributed by atoms with van der Waals surface area (Å²) < 4.78 is 10.7. The highest BCUT2D eigenvalue weighted by atomic mass is 35.5. The summed E-state index contributed by atoms with van der Waals surface area (Å²) in [5, 5.41) is 4.20. The summed E-state index contributed by atoms with van der Waals surface area (Å²) in [6, 6.07) is 9.67. The van der Waals surface area contributed by atoms with Gasteiger partial charge in [0, 0.05) is 54.3 Å². The van der Waals surface area contributed by atoms with Gasteiger partial charge in [0.1, 0.15) is 5.82 Å². The number of halogens is 1. The van der Waals surface area contributed by atoms with Crippen LogP contribution in [0.4, 0.5) is 11.8 Å². The minimum atomic E-state index is 0.285. The number of nitrogens with zero attached hydrogens (tertiary/aromatic N) is 4. The number of hydrogen-bond acceptors (Lipinski definition) is 7. The van der Waals surface area contributed by atoms with Crippen LogP contribution >= 0.6 is 11.6 Å². The average molecular weight is 510 g/mol. The van der Waals surface area contributed by atoms with E-state index < -0.39 is 0 Å². The number of hydrogen-bond donors (Lipinski definition) is 1. The minimum Gasteiger partial charge on any atom is -0.493 e. The molecule has 3 aliphatic carbocycles. The lowest BCUT2D eigenvalue weighted by Crippen LogP contribution is -2.49. The molecule has 2 fully saturated rings. The first-order valence-corrected chi connectivity index (χ1v) is 12.9. The van der Waals surface area contributed by atoms with Crippen molar-refractivity contribution in [3.05, 3.63) is 45.8 Å². The Morgan fingerprint density at radius 1 is 1.03 bits per heavy atom. The lowest BCUT2D eigenvalue weighted by molar-refractivity contribution is -0.132. The van der Waals surface area contributed by atoms with Crippen LogP contribution in [0, 0.1) is 16.4 Å². The average Bonchev–Trinajstić information content (AvgIpc) is 3.39. The van der Waals surface area contributed by atoms with Crippen LogP contribution in [-0.2, 0) is 4.79 Å². The molecule has 2 aromatic rings. The summed E-state index contributed by atoms with van der Waals surface area (Å²) in [6.45, 7) is 2.79. The summed E-state index contributed by atoms with van der Waals surface area (Å²) in [6.07, 6.45) is 5.63. The van der Waals surface area contributed by atoms with Crippen LogP contribution in [-0.4, -0.2) is 61.2 Å². The Labute approximate surface area is 215 Å². The number of anilines is 2. The van der Waals surface area contributed by atoms with E-state index in [0.717, 1.165) is 10.4 Å². The van der Waals surface area contributed by atoms with Crippen LogP contribution in [0.2, 0.25) is 5.02 Å². The van der Waals surface area contributed by atoms with Crippen LogP contribution in [0.15, 0.2) is 30.3 Å². The zero-order valence-electron chi connectivity index (χ0n) is 20.8. The molecule has 1 saturated heterocycles. The Morgan fingerprint density at radius 3 is 2.25 bits per heavy atom. The molecule has 1 aliphatic heterocycles. The van der Waals surface area contributed by atoms with Gasteiger partial charge in [-0.05, 0) is 36.1 Å². The lowest BCUT2D eigenvalue weighted by atomic mass is 10.0. The smallest absolute Gasteiger partial charge is 0.228 e. The number of benzene rings is 2. The molecule has 2 heterocycles. The van der Waals surface area contributed by atoms with Crippen LogP contribution in [0.3, 0.4) is 0 Å². The van der Waals surface area contributed by atoms with Gasteiger partial charge in [0.25, 0.3) is 0 Å². The van der Waals surface area contributed by atoms with Crippen LogP contribution < -0.4 is 20.1 Å². The molecule has 1 aromatic carbocycles. The molecule has 0 spiro atoms. The van der Waals surface area contributed by atoms with Gasteiger partial charge >= 0.3 is 0 Å². The standard InChI is InChI=1S/C21H29N5O3.C6H3Cl/c1-28-17-12-15-16(13-18(17)29-2)23-21(24-20(15)22)26-9-7-25(8-10-26)19(27)11-14-5-3-4-6-14;7-6-3-4-1-2-5(4)6/h12-14H,3-11H2,1-2H3,(H2,22,23,24);1-3H. The van der Waals surface area contributed by atoms with Crippen molar-refractivity contribution in [1.29, 1.82) is 0 Å². The van der Waals surface area contributed by atoms with Gasteiger partial charge in [-0.25, -0.2) is 4.98 Å². The van der Waals surface area contributed by atoms with Gasteiger partial charge in [0.05, 0.1) is 19.7 Å². The predicted octanol–water partition coefficient (Wildman–Crippen LogP) is 4.40. The third-order valence-corrected chi connectivity index (χ3v) is 7.66. The highest BCUT2D eigenvalue weighted by Crippen LogP contribution is 2.34. The van der Waals surface area contributed by atoms with Crippen LogP contribution in [0.25, 0.3) is 10.9 Å². The fraction of sp³-hybridized carbons (Fsp3) is 0.444. The van der Waals surface area contributed by atoms with E-state index in [2.05, 4.69) is 16.0 Å². The number of rotatable bonds is 5. The predicted molar refractivity (Wildman–Crippen MR) is 142 cm³/mol. The zero-order valence-corrected chi connectivity index (χ0v) is 21.6. The lowest BCUT2D eigenvalue weighted by Gasteiger charge is -2.35. The Kier molecular flexibility index (Phi) is 7.05. The number of nitrogen functional groups attached to an aromatic ring is 1. The van der Waals surface area contributed by atoms with E-state index in [1.807, 2.05) is 23.1 Å². The molecule has 0 bridgehead atoms. The fourth-order valence-electron chi connectivity index (χ4n) is 5.10. The largest absolute Gasteiger partial charge is 0.493 e. The zero-order chi connectivity index (χ0) is 25.2. The Hall–Kier alpha value is -3.26. The number of carbonyl (C=O) groups excluding carboxylic acids is 1. The number of amides is 1. The number of carbonyl (C=O) groups is 1. The van der Waals surface area contributed by atoms with Crippen molar-refractivity contribution in [2.24, 2.45) is 5.92 Å². The number of fused-ring (bicyclic) bond motifs is 1. The molecule has 8 nitrogen and oxygen atoms in total. The number of nitrogens with two attached hydrogens (primary N) is 1. The summed E-state index contributed by atoms with van der Waals surface area (Å²) in [5.41, 5.74) is 6.92. The Morgan fingerprint density at radius 2 is 1.72 bits per heavy atom. The van der Waals surface area contributed by atoms with Gasteiger partial charge in [-0.1, -0.05) is 36.6 Å². The van der Waals surface area contributed by atoms with Gasteiger partial charge in [0.15, 0.2) is 11.5 Å². The van der Waals surface area contributed by atoms with E-state index in [-0.39, 0.29) is 5.91 Å². The Bertz CT molecular complexity index is 1370. The van der Waals surface area contributed by atoms with Crippen LogP contribution in [0.1, 0.15) is 32.1 Å². The van der Waals surface area contributed by atoms with Crippen molar-refractivity contribution in [1.82, 2.24) is 14.9 Å². The molecule has 4 aliphatic rings. The molecule has 1 saturated carbocycles. The molecular formula is C27H32ClN5O3. The molecule has 0 unspecified atom stereocenters. The molecule has 6 rings (SSSR count). The fourth-order valence-corrected chi connectivity index (χ4v) is 5.39. The molecule has 9 heteroatoms. The second kappa shape index (κ2) is 10.4. The molecular weight excluding hydrogens is 478 g/mol. The maximum absolute atomic E-state index is 12.6. The van der Waals surface area contributed by atoms with Crippen molar-refractivity contribution >= 4 is 40.2 Å². The molecule has 190 valence electrons. The monoisotopic (exact) mass is 509 g/mol. The van der Waals surface area contributed by atoms with E-state index in [0.29, 0.717) is 67.3 Å². The third kappa shape index (κ3) is 4.87. The molecule has 0 radical (unpaired) electrons. The van der Waals surface area contributed by atoms with Crippen molar-refractivity contribution in [2.75, 3.05) is 51.0 Å². The SMILES string of the molecule is COc1cc2nc(N3CCN(C(=O)CC4CCCC4)CC3)nc(N)c2cc1OC.Clc1cc2ccc1=2. The second-order valence-corrected chi connectivity index (χ2v) is 9.96. The second-order valence-electron chi connectivity index (χ2n) is 9.55. The van der Waals surface area contributed by atoms with E-state index >= 15 is 0 Å². The highest BCUT2D eigenvalue weighted by molar-refractivity contribution is 6.31. The summed E-state index contributed by atoms with van der Waals surface area (Å²) in [7, 11) is 3.18. The first-order chi connectivity index (χ1) is 17.5. The van der Waals surface area contributed by atoms with Crippen molar-refractivity contribution in [3.63, 3.8) is 0 Å². The van der Waals surface area contributed by atoms with Gasteiger partial charge in [-0.3, -0.25) is 4.79 Å². The van der Waals surface area contributed by atoms with Gasteiger partial charge in [-0.2, -0.15) is 4.98 Å². The number of methoxy groups -OCH3 is 2. The van der Waals surface area contributed by atoms with Gasteiger partial charge in [-0.15, -0.1) is 0 Å². The topological polar surface area (TPSA) is 93.8 Å². The summed E-state index contributed by atoms with van der Waals surface area (Å²) in [4.78, 5) is 25.9. The van der Waals surface area contributed by atoms with E-state index in [4.69, 9.17) is 31.8 Å². The third-order valence-electron chi connectivity index (χ3n) is 7.35. The van der Waals surface area contributed by atoms with Gasteiger partial charge in [0.2, 0.25) is 11.9 Å². The van der Waals surface area contributed by atoms with E-state index in [9.17, 15) is 4.79 Å². The summed E-state index contributed by atoms with van der Waals surface area (Å²) in [5.74, 6) is 3.06. The molecule has 36 heavy (non-hydrogen) atoms. The number of ether oxygens (including phenoxy) is 2. The molecule has 2 N–H and O–H groups in total. The van der Waals surface area contributed by atoms with E-state index in [1.165, 1.54) is 36.1 Å². The summed E-state index contributed by atoms with van der Waals surface area (Å²) >= 11 is 5.60. The first kappa shape index (κ1) is 24.4. The van der Waals surface area contributed by atoms with Crippen LogP contribution in [0.5, 0.6) is 11.5 Å². The molecule has 1 aromatic heterocycles.